The molecule has 3 unspecified atom stereocenters. The second-order valence-electron chi connectivity index (χ2n) is 3.06. The highest BCUT2D eigenvalue weighted by Gasteiger charge is 2.24. The van der Waals surface area contributed by atoms with E-state index in [1.54, 1.807) is 6.92 Å². The highest BCUT2D eigenvalue weighted by Crippen LogP contribution is 1.93. The number of aliphatic hydroxyl groups excluding tert-OH is 1. The molecule has 0 aliphatic rings. The van der Waals surface area contributed by atoms with Crippen LogP contribution in [0.1, 0.15) is 13.8 Å². The normalized spacial score (nSPS) is 15.6. The Labute approximate surface area is 87.7 Å². The molecule has 4 N–H and O–H groups in total. The molecule has 0 saturated carbocycles. The van der Waals surface area contributed by atoms with Crippen LogP contribution in [0.4, 0.5) is 4.79 Å². The molecule has 0 rings (SSSR count). The fourth-order valence-electron chi connectivity index (χ4n) is 0.810. The summed E-state index contributed by atoms with van der Waals surface area (Å²) in [6.45, 7) is 2.83. The first-order chi connectivity index (χ1) is 6.88. The minimum atomic E-state index is -1.35. The Morgan fingerprint density at radius 1 is 1.33 bits per heavy atom. The van der Waals surface area contributed by atoms with Gasteiger partial charge in [-0.1, -0.05) is 5.92 Å². The molecule has 0 aromatic carbocycles. The highest BCUT2D eigenvalue weighted by atomic mass is 16.4. The second-order valence-corrected chi connectivity index (χ2v) is 3.06. The van der Waals surface area contributed by atoms with Crippen LogP contribution < -0.4 is 10.6 Å². The van der Waals surface area contributed by atoms with E-state index >= 15 is 0 Å². The van der Waals surface area contributed by atoms with E-state index in [-0.39, 0.29) is 0 Å². The van der Waals surface area contributed by atoms with Crippen LogP contribution in [0.15, 0.2) is 0 Å². The number of aliphatic hydroxyl groups is 1. The monoisotopic (exact) mass is 214 g/mol. The first kappa shape index (κ1) is 13.3. The molecule has 0 radical (unpaired) electrons. The van der Waals surface area contributed by atoms with Gasteiger partial charge in [0.25, 0.3) is 0 Å². The van der Waals surface area contributed by atoms with Crippen molar-refractivity contribution in [1.82, 2.24) is 10.6 Å². The minimum absolute atomic E-state index is 0.506. The summed E-state index contributed by atoms with van der Waals surface area (Å²) in [7, 11) is 0. The van der Waals surface area contributed by atoms with Crippen molar-refractivity contribution in [3.05, 3.63) is 0 Å². The van der Waals surface area contributed by atoms with Crippen LogP contribution in [0.25, 0.3) is 0 Å². The number of hydrogen-bond acceptors (Lipinski definition) is 3. The summed E-state index contributed by atoms with van der Waals surface area (Å²) in [6.07, 6.45) is 3.83. The molecule has 0 heterocycles. The van der Waals surface area contributed by atoms with Crippen LogP contribution in [0, 0.1) is 12.3 Å². The average molecular weight is 214 g/mol. The van der Waals surface area contributed by atoms with E-state index in [2.05, 4.69) is 16.6 Å². The lowest BCUT2D eigenvalue weighted by Gasteiger charge is -2.18. The van der Waals surface area contributed by atoms with Crippen molar-refractivity contribution in [2.75, 3.05) is 0 Å². The van der Waals surface area contributed by atoms with Crippen molar-refractivity contribution < 1.29 is 19.8 Å². The van der Waals surface area contributed by atoms with Gasteiger partial charge in [0.05, 0.1) is 12.1 Å². The van der Waals surface area contributed by atoms with Gasteiger partial charge in [-0.2, -0.15) is 0 Å². The van der Waals surface area contributed by atoms with Crippen LogP contribution in [0.5, 0.6) is 0 Å². The number of carboxylic acid groups (broad SMARTS) is 1. The zero-order valence-electron chi connectivity index (χ0n) is 8.52. The number of aliphatic carboxylic acids is 1. The number of carbonyl (C=O) groups excluding carboxylic acids is 1. The molecule has 6 heteroatoms. The quantitative estimate of drug-likeness (QED) is 0.458. The predicted octanol–water partition coefficient (Wildman–Crippen LogP) is -0.859. The second kappa shape index (κ2) is 5.88. The maximum atomic E-state index is 11.1. The van der Waals surface area contributed by atoms with Gasteiger partial charge >= 0.3 is 12.0 Å². The maximum Gasteiger partial charge on any atom is 0.328 e. The molecular weight excluding hydrogens is 200 g/mol. The molecule has 0 aliphatic carbocycles. The molecule has 3 atom stereocenters. The summed E-state index contributed by atoms with van der Waals surface area (Å²) in [5.74, 6) is 0.934. The minimum Gasteiger partial charge on any atom is -0.480 e. The molecule has 84 valence electrons. The third-order valence-corrected chi connectivity index (χ3v) is 1.63. The summed E-state index contributed by atoms with van der Waals surface area (Å²) >= 11 is 0. The van der Waals surface area contributed by atoms with Crippen molar-refractivity contribution >= 4 is 12.0 Å². The molecule has 15 heavy (non-hydrogen) atoms. The van der Waals surface area contributed by atoms with Crippen LogP contribution in [-0.2, 0) is 4.79 Å². The predicted molar refractivity (Wildman–Crippen MR) is 53.1 cm³/mol. The summed E-state index contributed by atoms with van der Waals surface area (Å²) in [6, 6.07) is -2.59. The van der Waals surface area contributed by atoms with Gasteiger partial charge in [-0.25, -0.2) is 9.59 Å². The van der Waals surface area contributed by atoms with Gasteiger partial charge in [0.2, 0.25) is 0 Å². The first-order valence-electron chi connectivity index (χ1n) is 4.32. The number of terminal acetylenes is 1. The van der Waals surface area contributed by atoms with Crippen molar-refractivity contribution in [3.63, 3.8) is 0 Å². The molecule has 6 nitrogen and oxygen atoms in total. The van der Waals surface area contributed by atoms with Crippen LogP contribution in [0.3, 0.4) is 0 Å². The number of rotatable bonds is 4. The number of carboxylic acids is 1. The molecule has 0 aromatic rings. The Morgan fingerprint density at radius 3 is 2.20 bits per heavy atom. The first-order valence-corrected chi connectivity index (χ1v) is 4.32. The van der Waals surface area contributed by atoms with E-state index in [1.165, 1.54) is 6.92 Å². The largest absolute Gasteiger partial charge is 0.480 e. The van der Waals surface area contributed by atoms with E-state index in [0.717, 1.165) is 0 Å². The maximum absolute atomic E-state index is 11.1. The third kappa shape index (κ3) is 4.88. The third-order valence-electron chi connectivity index (χ3n) is 1.63. The Bertz CT molecular complexity index is 282. The summed E-state index contributed by atoms with van der Waals surface area (Å²) < 4.78 is 0. The average Bonchev–Trinajstić information content (AvgIpc) is 2.12. The van der Waals surface area contributed by atoms with E-state index in [4.69, 9.17) is 16.6 Å². The molecule has 0 aliphatic heterocycles. The van der Waals surface area contributed by atoms with E-state index < -0.39 is 30.2 Å². The number of amides is 2. The lowest BCUT2D eigenvalue weighted by Crippen LogP contribution is -2.52. The van der Waals surface area contributed by atoms with Gasteiger partial charge < -0.3 is 20.8 Å². The standard InChI is InChI=1S/C9H14N2O4/c1-4-5(2)10-9(15)11-7(6(3)12)8(13)14/h1,5-7,12H,2-3H3,(H,13,14)(H2,10,11,15). The van der Waals surface area contributed by atoms with E-state index in [9.17, 15) is 9.59 Å². The molecular formula is C9H14N2O4. The zero-order chi connectivity index (χ0) is 12.0. The molecule has 0 saturated heterocycles. The van der Waals surface area contributed by atoms with Crippen LogP contribution in [0.2, 0.25) is 0 Å². The van der Waals surface area contributed by atoms with Crippen molar-refractivity contribution in [2.24, 2.45) is 0 Å². The number of hydrogen-bond donors (Lipinski definition) is 4. The van der Waals surface area contributed by atoms with Gasteiger partial charge in [0.1, 0.15) is 0 Å². The highest BCUT2D eigenvalue weighted by molar-refractivity contribution is 5.83. The lowest BCUT2D eigenvalue weighted by atomic mass is 10.2. The number of urea groups is 1. The Kier molecular flexibility index (Phi) is 5.20. The van der Waals surface area contributed by atoms with Crippen LogP contribution >= 0.6 is 0 Å². The van der Waals surface area contributed by atoms with Crippen molar-refractivity contribution in [1.29, 1.82) is 0 Å². The molecule has 0 aromatic heterocycles. The molecule has 0 spiro atoms. The van der Waals surface area contributed by atoms with Gasteiger partial charge in [-0.3, -0.25) is 0 Å². The van der Waals surface area contributed by atoms with Gasteiger partial charge in [-0.05, 0) is 13.8 Å². The van der Waals surface area contributed by atoms with E-state index in [0.29, 0.717) is 0 Å². The lowest BCUT2D eigenvalue weighted by molar-refractivity contribution is -0.141. The van der Waals surface area contributed by atoms with Gasteiger partial charge in [0, 0.05) is 0 Å². The van der Waals surface area contributed by atoms with Gasteiger partial charge in [0.15, 0.2) is 6.04 Å². The molecule has 2 amide bonds. The molecule has 0 fully saturated rings. The zero-order valence-corrected chi connectivity index (χ0v) is 8.52. The summed E-state index contributed by atoms with van der Waals surface area (Å²) in [5.41, 5.74) is 0. The number of nitrogens with one attached hydrogen (secondary N) is 2. The topological polar surface area (TPSA) is 98.7 Å². The SMILES string of the molecule is C#CC(C)NC(=O)NC(C(=O)O)C(C)O. The Hall–Kier alpha value is -1.74. The molecule has 0 bridgehead atoms. The van der Waals surface area contributed by atoms with Gasteiger partial charge in [-0.15, -0.1) is 6.42 Å². The summed E-state index contributed by atoms with van der Waals surface area (Å²) in [4.78, 5) is 21.7. The summed E-state index contributed by atoms with van der Waals surface area (Å²) in [5, 5.41) is 22.1. The van der Waals surface area contributed by atoms with Crippen molar-refractivity contribution in [3.8, 4) is 12.3 Å². The van der Waals surface area contributed by atoms with E-state index in [1.807, 2.05) is 0 Å². The Morgan fingerprint density at radius 2 is 1.87 bits per heavy atom. The van der Waals surface area contributed by atoms with Crippen molar-refractivity contribution in [2.45, 2.75) is 32.0 Å². The smallest absolute Gasteiger partial charge is 0.328 e. The Balaban J connectivity index is 4.26. The van der Waals surface area contributed by atoms with Crippen LogP contribution in [-0.4, -0.2) is 40.4 Å². The number of carbonyl (C=O) groups is 2. The fraction of sp³-hybridized carbons (Fsp3) is 0.556. The fourth-order valence-corrected chi connectivity index (χ4v) is 0.810.